The van der Waals surface area contributed by atoms with Gasteiger partial charge in [0.2, 0.25) is 0 Å². The molecule has 0 fully saturated rings. The third-order valence-electron chi connectivity index (χ3n) is 13.3. The highest BCUT2D eigenvalue weighted by atomic mass is 16.3. The molecule has 2 heteroatoms. The molecule has 1 aliphatic carbocycles. The van der Waals surface area contributed by atoms with Gasteiger partial charge in [0.1, 0.15) is 11.2 Å². The van der Waals surface area contributed by atoms with Gasteiger partial charge >= 0.3 is 0 Å². The lowest BCUT2D eigenvalue weighted by Gasteiger charge is -2.28. The van der Waals surface area contributed by atoms with Crippen molar-refractivity contribution in [2.45, 2.75) is 19.3 Å². The van der Waals surface area contributed by atoms with E-state index in [0.717, 1.165) is 61.3 Å². The molecular formula is C61H43NO. The van der Waals surface area contributed by atoms with Gasteiger partial charge in [-0.2, -0.15) is 0 Å². The highest BCUT2D eigenvalue weighted by Gasteiger charge is 2.35. The predicted molar refractivity (Wildman–Crippen MR) is 265 cm³/mol. The number of hydrogen-bond donors (Lipinski definition) is 0. The number of fused-ring (bicyclic) bond motifs is 7. The minimum Gasteiger partial charge on any atom is -0.455 e. The van der Waals surface area contributed by atoms with Gasteiger partial charge in [0.25, 0.3) is 0 Å². The van der Waals surface area contributed by atoms with E-state index in [-0.39, 0.29) is 5.41 Å². The molecule has 0 atom stereocenters. The van der Waals surface area contributed by atoms with Gasteiger partial charge in [-0.15, -0.1) is 0 Å². The number of furan rings is 1. The van der Waals surface area contributed by atoms with Crippen molar-refractivity contribution >= 4 is 49.8 Å². The Labute approximate surface area is 368 Å². The van der Waals surface area contributed by atoms with Crippen LogP contribution in [0.5, 0.6) is 0 Å². The van der Waals surface area contributed by atoms with Gasteiger partial charge in [-0.25, -0.2) is 0 Å². The average molecular weight is 806 g/mol. The molecule has 0 saturated carbocycles. The maximum Gasteiger partial charge on any atom is 0.143 e. The molecular weight excluding hydrogens is 763 g/mol. The number of nitrogens with zero attached hydrogens (tertiary/aromatic N) is 1. The summed E-state index contributed by atoms with van der Waals surface area (Å²) in [5, 5.41) is 4.67. The van der Waals surface area contributed by atoms with Gasteiger partial charge in [0, 0.05) is 38.8 Å². The molecule has 0 N–H and O–H groups in total. The maximum atomic E-state index is 6.73. The molecule has 63 heavy (non-hydrogen) atoms. The Kier molecular flexibility index (Phi) is 8.55. The van der Waals surface area contributed by atoms with E-state index < -0.39 is 0 Å². The summed E-state index contributed by atoms with van der Waals surface area (Å²) in [6, 6.07) is 81.6. The standard InChI is InChI=1S/C61H43NO/c1-61(2)56-22-12-10-20-52(56)53-35-34-48(39-57(53)61)62(46-30-26-42(27-31-46)50-19-9-8-18-49(50)41-15-4-3-5-16-41)47-32-28-43(29-33-47)51-36-37-55-54-21-11-13-23-58(54)63-60(55)59(51)45-25-24-40-14-6-7-17-44(40)38-45/h3-39H,1-2H3. The first-order valence-corrected chi connectivity index (χ1v) is 21.8. The van der Waals surface area contributed by atoms with Gasteiger partial charge in [-0.05, 0) is 127 Å². The van der Waals surface area contributed by atoms with Crippen LogP contribution in [0.1, 0.15) is 25.0 Å². The van der Waals surface area contributed by atoms with Crippen molar-refractivity contribution in [2.75, 3.05) is 4.90 Å². The van der Waals surface area contributed by atoms with Crippen LogP contribution >= 0.6 is 0 Å². The minimum absolute atomic E-state index is 0.128. The van der Waals surface area contributed by atoms with E-state index in [1.165, 1.54) is 55.3 Å². The largest absolute Gasteiger partial charge is 0.455 e. The second kappa shape index (κ2) is 14.6. The van der Waals surface area contributed by atoms with Crippen LogP contribution in [0.3, 0.4) is 0 Å². The summed E-state index contributed by atoms with van der Waals surface area (Å²) in [4.78, 5) is 2.41. The van der Waals surface area contributed by atoms with Crippen molar-refractivity contribution in [3.8, 4) is 55.6 Å². The second-order valence-electron chi connectivity index (χ2n) is 17.3. The summed E-state index contributed by atoms with van der Waals surface area (Å²) in [6.45, 7) is 4.71. The zero-order valence-corrected chi connectivity index (χ0v) is 35.2. The summed E-state index contributed by atoms with van der Waals surface area (Å²) < 4.78 is 6.73. The van der Waals surface area contributed by atoms with E-state index in [4.69, 9.17) is 4.42 Å². The maximum absolute atomic E-state index is 6.73. The van der Waals surface area contributed by atoms with Crippen molar-refractivity contribution in [3.63, 3.8) is 0 Å². The summed E-state index contributed by atoms with van der Waals surface area (Å²) in [5.74, 6) is 0. The first-order valence-electron chi connectivity index (χ1n) is 21.8. The SMILES string of the molecule is CC1(C)c2ccccc2-c2ccc(N(c3ccc(-c4ccccc4-c4ccccc4)cc3)c3ccc(-c4ccc5c(oc6ccccc65)c4-c4ccc5ccccc5c4)cc3)cc21. The van der Waals surface area contributed by atoms with Gasteiger partial charge in [0.15, 0.2) is 0 Å². The summed E-state index contributed by atoms with van der Waals surface area (Å²) >= 11 is 0. The molecule has 0 unspecified atom stereocenters. The summed E-state index contributed by atoms with van der Waals surface area (Å²) in [5.41, 5.74) is 19.7. The van der Waals surface area contributed by atoms with Crippen molar-refractivity contribution in [1.29, 1.82) is 0 Å². The number of para-hydroxylation sites is 1. The summed E-state index contributed by atoms with van der Waals surface area (Å²) in [6.07, 6.45) is 0. The van der Waals surface area contributed by atoms with E-state index in [1.807, 2.05) is 6.07 Å². The van der Waals surface area contributed by atoms with E-state index in [2.05, 4.69) is 237 Å². The third-order valence-corrected chi connectivity index (χ3v) is 13.3. The minimum atomic E-state index is -0.128. The predicted octanol–water partition coefficient (Wildman–Crippen LogP) is 17.2. The molecule has 0 spiro atoms. The van der Waals surface area contributed by atoms with Crippen molar-refractivity contribution in [3.05, 3.63) is 236 Å². The number of anilines is 3. The van der Waals surface area contributed by atoms with Crippen LogP contribution in [0.2, 0.25) is 0 Å². The lowest BCUT2D eigenvalue weighted by molar-refractivity contribution is 0.660. The van der Waals surface area contributed by atoms with E-state index >= 15 is 0 Å². The van der Waals surface area contributed by atoms with Gasteiger partial charge in [-0.1, -0.05) is 184 Å². The Hall–Kier alpha value is -7.94. The van der Waals surface area contributed by atoms with Crippen LogP contribution in [-0.4, -0.2) is 0 Å². The van der Waals surface area contributed by atoms with Crippen LogP contribution in [0, 0.1) is 0 Å². The molecule has 2 nitrogen and oxygen atoms in total. The molecule has 12 rings (SSSR count). The molecule has 0 radical (unpaired) electrons. The first kappa shape index (κ1) is 36.9. The number of rotatable bonds is 7. The molecule has 1 heterocycles. The van der Waals surface area contributed by atoms with Crippen LogP contribution in [0.25, 0.3) is 88.3 Å². The van der Waals surface area contributed by atoms with E-state index in [0.29, 0.717) is 0 Å². The van der Waals surface area contributed by atoms with Crippen molar-refractivity contribution in [1.82, 2.24) is 0 Å². The van der Waals surface area contributed by atoms with Gasteiger partial charge in [-0.3, -0.25) is 0 Å². The first-order chi connectivity index (χ1) is 31.0. The highest BCUT2D eigenvalue weighted by molar-refractivity contribution is 6.13. The molecule has 298 valence electrons. The van der Waals surface area contributed by atoms with E-state index in [9.17, 15) is 0 Å². The molecule has 10 aromatic carbocycles. The smallest absolute Gasteiger partial charge is 0.143 e. The lowest BCUT2D eigenvalue weighted by Crippen LogP contribution is -2.16. The summed E-state index contributed by atoms with van der Waals surface area (Å²) in [7, 11) is 0. The fourth-order valence-corrected chi connectivity index (χ4v) is 10.1. The second-order valence-corrected chi connectivity index (χ2v) is 17.3. The van der Waals surface area contributed by atoms with Gasteiger partial charge in [0.05, 0.1) is 0 Å². The normalized spacial score (nSPS) is 12.7. The Balaban J connectivity index is 0.998. The third kappa shape index (κ3) is 6.09. The molecule has 0 aliphatic heterocycles. The number of hydrogen-bond acceptors (Lipinski definition) is 2. The Morgan fingerprint density at radius 1 is 0.349 bits per heavy atom. The monoisotopic (exact) mass is 805 g/mol. The van der Waals surface area contributed by atoms with Gasteiger partial charge < -0.3 is 9.32 Å². The highest BCUT2D eigenvalue weighted by Crippen LogP contribution is 2.51. The van der Waals surface area contributed by atoms with Crippen molar-refractivity contribution < 1.29 is 4.42 Å². The molecule has 1 aromatic heterocycles. The average Bonchev–Trinajstić information content (AvgIpc) is 3.83. The molecule has 0 saturated heterocycles. The van der Waals surface area contributed by atoms with Crippen LogP contribution in [-0.2, 0) is 5.41 Å². The quantitative estimate of drug-likeness (QED) is 0.160. The Bertz CT molecular complexity index is 3520. The number of benzene rings is 10. The lowest BCUT2D eigenvalue weighted by atomic mass is 9.82. The topological polar surface area (TPSA) is 16.4 Å². The zero-order chi connectivity index (χ0) is 42.1. The molecule has 1 aliphatic rings. The Morgan fingerprint density at radius 3 is 1.63 bits per heavy atom. The molecule has 0 amide bonds. The molecule has 11 aromatic rings. The zero-order valence-electron chi connectivity index (χ0n) is 35.2. The van der Waals surface area contributed by atoms with E-state index in [1.54, 1.807) is 0 Å². The van der Waals surface area contributed by atoms with Crippen LogP contribution < -0.4 is 4.90 Å². The van der Waals surface area contributed by atoms with Crippen LogP contribution in [0.15, 0.2) is 229 Å². The fourth-order valence-electron chi connectivity index (χ4n) is 10.1. The van der Waals surface area contributed by atoms with Crippen molar-refractivity contribution in [2.24, 2.45) is 0 Å². The van der Waals surface area contributed by atoms with Crippen LogP contribution in [0.4, 0.5) is 17.1 Å². The Morgan fingerprint density at radius 2 is 0.889 bits per heavy atom. The fraction of sp³-hybridized carbons (Fsp3) is 0.0492. The molecule has 0 bridgehead atoms.